The lowest BCUT2D eigenvalue weighted by Gasteiger charge is -2.10. The van der Waals surface area contributed by atoms with Crippen LogP contribution in [0.25, 0.3) is 0 Å². The fourth-order valence-corrected chi connectivity index (χ4v) is 3.91. The Labute approximate surface area is 165 Å². The Hall–Kier alpha value is -2.57. The van der Waals surface area contributed by atoms with E-state index in [0.29, 0.717) is 34.6 Å². The fourth-order valence-electron chi connectivity index (χ4n) is 2.91. The van der Waals surface area contributed by atoms with Crippen LogP contribution in [0.3, 0.4) is 0 Å². The van der Waals surface area contributed by atoms with E-state index in [9.17, 15) is 4.79 Å². The van der Waals surface area contributed by atoms with Crippen LogP contribution in [0.15, 0.2) is 48.5 Å². The largest absolute Gasteiger partial charge is 0.491 e. The second-order valence-corrected chi connectivity index (χ2v) is 7.66. The van der Waals surface area contributed by atoms with Gasteiger partial charge in [0.05, 0.1) is 11.7 Å². The van der Waals surface area contributed by atoms with Crippen molar-refractivity contribution >= 4 is 28.8 Å². The molecular formula is C20H17ClN2O3S. The van der Waals surface area contributed by atoms with Gasteiger partial charge in [-0.05, 0) is 37.3 Å². The smallest absolute Gasteiger partial charge is 0.263 e. The zero-order chi connectivity index (χ0) is 18.8. The Balaban J connectivity index is 1.42. The second-order valence-electron chi connectivity index (χ2n) is 6.14. The van der Waals surface area contributed by atoms with Crippen molar-refractivity contribution in [3.05, 3.63) is 74.7 Å². The van der Waals surface area contributed by atoms with E-state index in [1.807, 2.05) is 31.2 Å². The summed E-state index contributed by atoms with van der Waals surface area (Å²) in [4.78, 5) is 17.8. The molecule has 0 saturated carbocycles. The summed E-state index contributed by atoms with van der Waals surface area (Å²) in [5.41, 5.74) is 1.69. The lowest BCUT2D eigenvalue weighted by atomic mass is 10.1. The summed E-state index contributed by atoms with van der Waals surface area (Å²) in [5.74, 6) is 1.38. The van der Waals surface area contributed by atoms with Crippen molar-refractivity contribution in [1.29, 1.82) is 0 Å². The summed E-state index contributed by atoms with van der Waals surface area (Å²) in [5, 5.41) is 4.44. The van der Waals surface area contributed by atoms with Gasteiger partial charge >= 0.3 is 0 Å². The van der Waals surface area contributed by atoms with E-state index in [1.165, 1.54) is 11.3 Å². The van der Waals surface area contributed by atoms with Crippen LogP contribution in [0.2, 0.25) is 5.02 Å². The highest BCUT2D eigenvalue weighted by atomic mass is 35.5. The first kappa shape index (κ1) is 17.8. The highest BCUT2D eigenvalue weighted by Gasteiger charge is 2.27. The van der Waals surface area contributed by atoms with Crippen molar-refractivity contribution in [2.75, 3.05) is 6.61 Å². The van der Waals surface area contributed by atoms with Gasteiger partial charge in [-0.3, -0.25) is 4.79 Å². The number of aryl methyl sites for hydroxylation is 1. The standard InChI is InChI=1S/C20H17ClN2O3S/c1-12-19(20(24)23-16-10-26-17-5-3-2-4-15(16)17)27-18(22-12)11-25-14-8-6-13(21)7-9-14/h2-9,16H,10-11H2,1H3,(H,23,24)/t16-/m1/s1. The number of nitrogens with one attached hydrogen (secondary N) is 1. The minimum atomic E-state index is -0.149. The molecule has 5 nitrogen and oxygen atoms in total. The molecular weight excluding hydrogens is 384 g/mol. The van der Waals surface area contributed by atoms with Crippen LogP contribution in [0.5, 0.6) is 11.5 Å². The molecule has 2 aromatic carbocycles. The number of rotatable bonds is 5. The van der Waals surface area contributed by atoms with Gasteiger partial charge in [0, 0.05) is 10.6 Å². The van der Waals surface area contributed by atoms with Crippen LogP contribution >= 0.6 is 22.9 Å². The lowest BCUT2D eigenvalue weighted by Crippen LogP contribution is -2.29. The van der Waals surface area contributed by atoms with Gasteiger partial charge < -0.3 is 14.8 Å². The third-order valence-electron chi connectivity index (χ3n) is 4.23. The van der Waals surface area contributed by atoms with Crippen LogP contribution in [0, 0.1) is 6.92 Å². The van der Waals surface area contributed by atoms with Gasteiger partial charge in [0.1, 0.15) is 34.6 Å². The predicted octanol–water partition coefficient (Wildman–Crippen LogP) is 4.55. The van der Waals surface area contributed by atoms with Crippen LogP contribution < -0.4 is 14.8 Å². The van der Waals surface area contributed by atoms with Gasteiger partial charge in [0.25, 0.3) is 5.91 Å². The average Bonchev–Trinajstić information content (AvgIpc) is 3.25. The van der Waals surface area contributed by atoms with Crippen molar-refractivity contribution in [3.8, 4) is 11.5 Å². The van der Waals surface area contributed by atoms with Crippen LogP contribution in [-0.4, -0.2) is 17.5 Å². The highest BCUT2D eigenvalue weighted by Crippen LogP contribution is 2.32. The lowest BCUT2D eigenvalue weighted by molar-refractivity contribution is 0.0933. The van der Waals surface area contributed by atoms with E-state index in [-0.39, 0.29) is 11.9 Å². The van der Waals surface area contributed by atoms with Gasteiger partial charge in [-0.2, -0.15) is 0 Å². The van der Waals surface area contributed by atoms with E-state index in [0.717, 1.165) is 16.3 Å². The van der Waals surface area contributed by atoms with Gasteiger partial charge in [-0.1, -0.05) is 29.8 Å². The summed E-state index contributed by atoms with van der Waals surface area (Å²) < 4.78 is 11.3. The van der Waals surface area contributed by atoms with E-state index in [1.54, 1.807) is 24.3 Å². The van der Waals surface area contributed by atoms with E-state index >= 15 is 0 Å². The number of fused-ring (bicyclic) bond motifs is 1. The molecule has 27 heavy (non-hydrogen) atoms. The number of aromatic nitrogens is 1. The van der Waals surface area contributed by atoms with Crippen molar-refractivity contribution in [3.63, 3.8) is 0 Å². The SMILES string of the molecule is Cc1nc(COc2ccc(Cl)cc2)sc1C(=O)N[C@@H]1COc2ccccc21. The van der Waals surface area contributed by atoms with Crippen molar-refractivity contribution in [1.82, 2.24) is 10.3 Å². The Morgan fingerprint density at radius 1 is 1.30 bits per heavy atom. The predicted molar refractivity (Wildman–Crippen MR) is 105 cm³/mol. The van der Waals surface area contributed by atoms with Gasteiger partial charge in [-0.15, -0.1) is 11.3 Å². The molecule has 0 spiro atoms. The Morgan fingerprint density at radius 3 is 2.89 bits per heavy atom. The molecule has 1 aromatic heterocycles. The molecule has 1 aliphatic rings. The molecule has 0 fully saturated rings. The maximum Gasteiger partial charge on any atom is 0.263 e. The Bertz CT molecular complexity index is 972. The summed E-state index contributed by atoms with van der Waals surface area (Å²) in [6.07, 6.45) is 0. The zero-order valence-corrected chi connectivity index (χ0v) is 16.1. The number of halogens is 1. The van der Waals surface area contributed by atoms with E-state index in [4.69, 9.17) is 21.1 Å². The minimum absolute atomic E-state index is 0.145. The molecule has 0 unspecified atom stereocenters. The second kappa shape index (κ2) is 7.58. The van der Waals surface area contributed by atoms with E-state index < -0.39 is 0 Å². The topological polar surface area (TPSA) is 60.5 Å². The van der Waals surface area contributed by atoms with E-state index in [2.05, 4.69) is 10.3 Å². The minimum Gasteiger partial charge on any atom is -0.491 e. The molecule has 2 heterocycles. The molecule has 1 aliphatic heterocycles. The highest BCUT2D eigenvalue weighted by molar-refractivity contribution is 7.13. The molecule has 1 N–H and O–H groups in total. The van der Waals surface area contributed by atoms with Crippen molar-refractivity contribution in [2.24, 2.45) is 0 Å². The Morgan fingerprint density at radius 2 is 2.07 bits per heavy atom. The maximum atomic E-state index is 12.7. The number of hydrogen-bond donors (Lipinski definition) is 1. The third-order valence-corrected chi connectivity index (χ3v) is 5.61. The van der Waals surface area contributed by atoms with Crippen LogP contribution in [0.4, 0.5) is 0 Å². The van der Waals surface area contributed by atoms with Gasteiger partial charge in [0.2, 0.25) is 0 Å². The first-order chi connectivity index (χ1) is 13.1. The molecule has 138 valence electrons. The first-order valence-corrected chi connectivity index (χ1v) is 9.67. The maximum absolute atomic E-state index is 12.7. The van der Waals surface area contributed by atoms with Crippen LogP contribution in [0.1, 0.15) is 32.0 Å². The molecule has 0 saturated heterocycles. The molecule has 1 atom stereocenters. The summed E-state index contributed by atoms with van der Waals surface area (Å²) in [6, 6.07) is 14.7. The number of ether oxygens (including phenoxy) is 2. The number of para-hydroxylation sites is 1. The summed E-state index contributed by atoms with van der Waals surface area (Å²) >= 11 is 7.21. The number of hydrogen-bond acceptors (Lipinski definition) is 5. The number of carbonyl (C=O) groups excluding carboxylic acids is 1. The molecule has 7 heteroatoms. The molecule has 3 aromatic rings. The number of nitrogens with zero attached hydrogens (tertiary/aromatic N) is 1. The van der Waals surface area contributed by atoms with Crippen molar-refractivity contribution < 1.29 is 14.3 Å². The van der Waals surface area contributed by atoms with Gasteiger partial charge in [0.15, 0.2) is 0 Å². The molecule has 4 rings (SSSR count). The molecule has 0 bridgehead atoms. The number of benzene rings is 2. The number of thiazole rings is 1. The number of amides is 1. The number of carbonyl (C=O) groups is 1. The molecule has 0 radical (unpaired) electrons. The van der Waals surface area contributed by atoms with Crippen molar-refractivity contribution in [2.45, 2.75) is 19.6 Å². The van der Waals surface area contributed by atoms with Crippen LogP contribution in [-0.2, 0) is 6.61 Å². The Kier molecular flexibility index (Phi) is 5.01. The normalized spacial score (nSPS) is 15.1. The monoisotopic (exact) mass is 400 g/mol. The third kappa shape index (κ3) is 3.91. The van der Waals surface area contributed by atoms with Gasteiger partial charge in [-0.25, -0.2) is 4.98 Å². The first-order valence-electron chi connectivity index (χ1n) is 8.47. The quantitative estimate of drug-likeness (QED) is 0.682. The average molecular weight is 401 g/mol. The molecule has 1 amide bonds. The fraction of sp³-hybridized carbons (Fsp3) is 0.200. The zero-order valence-electron chi connectivity index (χ0n) is 14.6. The molecule has 0 aliphatic carbocycles. The summed E-state index contributed by atoms with van der Waals surface area (Å²) in [7, 11) is 0. The summed E-state index contributed by atoms with van der Waals surface area (Å²) in [6.45, 7) is 2.57.